The Bertz CT molecular complexity index is 659. The Balaban J connectivity index is 2.44. The minimum absolute atomic E-state index is 0.00273. The smallest absolute Gasteiger partial charge is 0.101 e. The molecule has 0 fully saturated rings. The second-order valence-corrected chi connectivity index (χ2v) is 5.54. The van der Waals surface area contributed by atoms with Gasteiger partial charge in [-0.15, -0.1) is 0 Å². The molecule has 4 heteroatoms. The molecule has 0 heterocycles. The highest BCUT2D eigenvalue weighted by atomic mass is 79.9. The summed E-state index contributed by atoms with van der Waals surface area (Å²) in [5.74, 6) is 0. The van der Waals surface area contributed by atoms with E-state index in [0.717, 1.165) is 21.4 Å². The first kappa shape index (κ1) is 14.6. The molecule has 102 valence electrons. The molecular weight excluding hydrogens is 314 g/mol. The van der Waals surface area contributed by atoms with Crippen LogP contribution < -0.4 is 10.6 Å². The summed E-state index contributed by atoms with van der Waals surface area (Å²) in [6.45, 7) is 1.95. The molecule has 1 unspecified atom stereocenters. The maximum absolute atomic E-state index is 9.20. The van der Waals surface area contributed by atoms with Crippen LogP contribution >= 0.6 is 15.9 Å². The summed E-state index contributed by atoms with van der Waals surface area (Å²) in [6, 6.07) is 15.8. The minimum atomic E-state index is -0.00273. The first-order valence-corrected chi connectivity index (χ1v) is 7.11. The zero-order chi connectivity index (χ0) is 14.7. The zero-order valence-electron chi connectivity index (χ0n) is 11.5. The number of nitrogens with zero attached hydrogens (tertiary/aromatic N) is 2. The van der Waals surface area contributed by atoms with Crippen LogP contribution in [0.2, 0.25) is 0 Å². The third-order valence-corrected chi connectivity index (χ3v) is 3.88. The number of halogens is 1. The van der Waals surface area contributed by atoms with Crippen molar-refractivity contribution in [1.29, 1.82) is 5.26 Å². The van der Waals surface area contributed by atoms with Crippen molar-refractivity contribution in [2.75, 3.05) is 11.9 Å². The number of benzene rings is 2. The Morgan fingerprint density at radius 2 is 1.90 bits per heavy atom. The lowest BCUT2D eigenvalue weighted by Crippen LogP contribution is -2.12. The third-order valence-electron chi connectivity index (χ3n) is 3.24. The van der Waals surface area contributed by atoms with Gasteiger partial charge < -0.3 is 10.6 Å². The van der Waals surface area contributed by atoms with Crippen molar-refractivity contribution in [2.45, 2.75) is 13.0 Å². The van der Waals surface area contributed by atoms with E-state index in [4.69, 9.17) is 5.73 Å². The van der Waals surface area contributed by atoms with E-state index < -0.39 is 0 Å². The summed E-state index contributed by atoms with van der Waals surface area (Å²) in [4.78, 5) is 1.99. The van der Waals surface area contributed by atoms with Gasteiger partial charge in [-0.25, -0.2) is 0 Å². The van der Waals surface area contributed by atoms with Gasteiger partial charge in [0, 0.05) is 17.6 Å². The van der Waals surface area contributed by atoms with Crippen molar-refractivity contribution >= 4 is 27.3 Å². The molecule has 0 aliphatic carbocycles. The fourth-order valence-corrected chi connectivity index (χ4v) is 2.73. The molecule has 0 radical (unpaired) electrons. The molecular formula is C16H16BrN3. The van der Waals surface area contributed by atoms with Gasteiger partial charge in [0.2, 0.25) is 0 Å². The second kappa shape index (κ2) is 6.08. The maximum atomic E-state index is 9.20. The van der Waals surface area contributed by atoms with E-state index in [-0.39, 0.29) is 6.04 Å². The molecule has 0 saturated carbocycles. The van der Waals surface area contributed by atoms with E-state index >= 15 is 0 Å². The van der Waals surface area contributed by atoms with Gasteiger partial charge in [-0.05, 0) is 52.7 Å². The summed E-state index contributed by atoms with van der Waals surface area (Å²) in [6.07, 6.45) is 0. The van der Waals surface area contributed by atoms with Gasteiger partial charge in [0.25, 0.3) is 0 Å². The first-order valence-electron chi connectivity index (χ1n) is 6.32. The Morgan fingerprint density at radius 1 is 1.20 bits per heavy atom. The lowest BCUT2D eigenvalue weighted by molar-refractivity contribution is 0.817. The molecule has 0 amide bonds. The van der Waals surface area contributed by atoms with E-state index in [2.05, 4.69) is 22.0 Å². The van der Waals surface area contributed by atoms with Crippen molar-refractivity contribution < 1.29 is 0 Å². The number of anilines is 2. The highest BCUT2D eigenvalue weighted by molar-refractivity contribution is 9.10. The lowest BCUT2D eigenvalue weighted by atomic mass is 10.1. The van der Waals surface area contributed by atoms with Gasteiger partial charge in [0.05, 0.1) is 16.9 Å². The van der Waals surface area contributed by atoms with Crippen LogP contribution in [0.3, 0.4) is 0 Å². The van der Waals surface area contributed by atoms with Gasteiger partial charge in [-0.3, -0.25) is 0 Å². The number of hydrogen-bond acceptors (Lipinski definition) is 3. The third kappa shape index (κ3) is 2.84. The highest BCUT2D eigenvalue weighted by Gasteiger charge is 2.12. The van der Waals surface area contributed by atoms with Gasteiger partial charge in [0.1, 0.15) is 6.07 Å². The van der Waals surface area contributed by atoms with E-state index in [0.29, 0.717) is 5.56 Å². The van der Waals surface area contributed by atoms with Crippen molar-refractivity contribution in [1.82, 2.24) is 0 Å². The van der Waals surface area contributed by atoms with E-state index in [1.165, 1.54) is 0 Å². The monoisotopic (exact) mass is 329 g/mol. The molecule has 20 heavy (non-hydrogen) atoms. The van der Waals surface area contributed by atoms with Gasteiger partial charge >= 0.3 is 0 Å². The summed E-state index contributed by atoms with van der Waals surface area (Å²) < 4.78 is 0.961. The predicted molar refractivity (Wildman–Crippen MR) is 86.0 cm³/mol. The largest absolute Gasteiger partial charge is 0.343 e. The average Bonchev–Trinajstić information content (AvgIpc) is 2.46. The number of rotatable bonds is 3. The molecule has 2 aromatic rings. The Kier molecular flexibility index (Phi) is 4.43. The Hall–Kier alpha value is -1.83. The topological polar surface area (TPSA) is 53.0 Å². The Morgan fingerprint density at radius 3 is 2.50 bits per heavy atom. The molecule has 0 bridgehead atoms. The number of nitrogens with two attached hydrogens (primary N) is 1. The maximum Gasteiger partial charge on any atom is 0.101 e. The molecule has 2 aromatic carbocycles. The molecule has 0 aliphatic heterocycles. The number of nitriles is 1. The van der Waals surface area contributed by atoms with E-state index in [1.807, 2.05) is 61.3 Å². The standard InChI is InChI=1S/C16H16BrN3/c1-11(19)12-7-8-16(14(17)9-12)20(2)15-6-4-3-5-13(15)10-18/h3-9,11H,19H2,1-2H3. The van der Waals surface area contributed by atoms with Crippen LogP contribution in [0.4, 0.5) is 11.4 Å². The SMILES string of the molecule is CC(N)c1ccc(N(C)c2ccccc2C#N)c(Br)c1. The molecule has 2 N–H and O–H groups in total. The van der Waals surface area contributed by atoms with E-state index in [9.17, 15) is 5.26 Å². The normalized spacial score (nSPS) is 11.8. The van der Waals surface area contributed by atoms with Gasteiger partial charge in [-0.2, -0.15) is 5.26 Å². The Labute approximate surface area is 127 Å². The number of hydrogen-bond donors (Lipinski definition) is 1. The molecule has 0 aliphatic rings. The number of para-hydroxylation sites is 1. The molecule has 0 saturated heterocycles. The lowest BCUT2D eigenvalue weighted by Gasteiger charge is -2.22. The fraction of sp³-hybridized carbons (Fsp3) is 0.188. The molecule has 0 spiro atoms. The summed E-state index contributed by atoms with van der Waals surface area (Å²) in [7, 11) is 1.95. The van der Waals surface area contributed by atoms with Crippen LogP contribution in [0.25, 0.3) is 0 Å². The van der Waals surface area contributed by atoms with Crippen molar-refractivity contribution in [2.24, 2.45) is 5.73 Å². The summed E-state index contributed by atoms with van der Waals surface area (Å²) in [5.41, 5.74) is 9.49. The van der Waals surface area contributed by atoms with Crippen LogP contribution in [-0.4, -0.2) is 7.05 Å². The van der Waals surface area contributed by atoms with Crippen LogP contribution in [-0.2, 0) is 0 Å². The van der Waals surface area contributed by atoms with Crippen LogP contribution in [0.5, 0.6) is 0 Å². The highest BCUT2D eigenvalue weighted by Crippen LogP contribution is 2.33. The van der Waals surface area contributed by atoms with Crippen LogP contribution in [0, 0.1) is 11.3 Å². The van der Waals surface area contributed by atoms with E-state index in [1.54, 1.807) is 0 Å². The second-order valence-electron chi connectivity index (χ2n) is 4.69. The van der Waals surface area contributed by atoms with Gasteiger partial charge in [0.15, 0.2) is 0 Å². The van der Waals surface area contributed by atoms with Crippen molar-refractivity contribution in [3.63, 3.8) is 0 Å². The summed E-state index contributed by atoms with van der Waals surface area (Å²) in [5, 5.41) is 9.20. The zero-order valence-corrected chi connectivity index (χ0v) is 13.1. The molecule has 1 atom stereocenters. The average molecular weight is 330 g/mol. The summed E-state index contributed by atoms with van der Waals surface area (Å²) >= 11 is 3.58. The molecule has 3 nitrogen and oxygen atoms in total. The fourth-order valence-electron chi connectivity index (χ4n) is 2.07. The molecule has 0 aromatic heterocycles. The van der Waals surface area contributed by atoms with Crippen molar-refractivity contribution in [3.05, 3.63) is 58.1 Å². The first-order chi connectivity index (χ1) is 9.54. The minimum Gasteiger partial charge on any atom is -0.343 e. The predicted octanol–water partition coefficient (Wildman–Crippen LogP) is 4.11. The van der Waals surface area contributed by atoms with Crippen molar-refractivity contribution in [3.8, 4) is 6.07 Å². The molecule has 2 rings (SSSR count). The van der Waals surface area contributed by atoms with Crippen LogP contribution in [0.1, 0.15) is 24.1 Å². The van der Waals surface area contributed by atoms with Gasteiger partial charge in [-0.1, -0.05) is 18.2 Å². The quantitative estimate of drug-likeness (QED) is 0.921. The van der Waals surface area contributed by atoms with Crippen LogP contribution in [0.15, 0.2) is 46.9 Å².